The maximum Gasteiger partial charge on any atom is 0.255 e. The van der Waals surface area contributed by atoms with Crippen molar-refractivity contribution in [2.24, 2.45) is 0 Å². The molecule has 0 heterocycles. The Kier molecular flexibility index (Phi) is 6.21. The molecule has 0 aromatic heterocycles. The third kappa shape index (κ3) is 3.82. The van der Waals surface area contributed by atoms with Crippen LogP contribution in [0.5, 0.6) is 5.75 Å². The summed E-state index contributed by atoms with van der Waals surface area (Å²) in [6.07, 6.45) is 2.01. The van der Waals surface area contributed by atoms with E-state index in [4.69, 9.17) is 4.74 Å². The Bertz CT molecular complexity index is 447. The average molecular weight is 279 g/mol. The Hall–Kier alpha value is -1.85. The zero-order chi connectivity index (χ0) is 15.0. The fourth-order valence-electron chi connectivity index (χ4n) is 1.68. The molecule has 0 atom stereocenters. The van der Waals surface area contributed by atoms with Crippen LogP contribution in [0.25, 0.3) is 0 Å². The van der Waals surface area contributed by atoms with E-state index >= 15 is 0 Å². The van der Waals surface area contributed by atoms with Gasteiger partial charge in [0, 0.05) is 0 Å². The molecule has 0 saturated carbocycles. The van der Waals surface area contributed by atoms with E-state index in [2.05, 4.69) is 11.9 Å². The van der Waals surface area contributed by atoms with Crippen LogP contribution in [0.2, 0.25) is 0 Å². The Balaban J connectivity index is 2.94. The number of rotatable bonds is 8. The molecular formula is C15H21NO4. The van der Waals surface area contributed by atoms with Gasteiger partial charge in [-0.1, -0.05) is 31.7 Å². The molecule has 1 aromatic carbocycles. The Morgan fingerprint density at radius 3 is 2.60 bits per heavy atom. The Morgan fingerprint density at radius 1 is 1.40 bits per heavy atom. The molecule has 0 aliphatic heterocycles. The first-order valence-corrected chi connectivity index (χ1v) is 6.49. The Labute approximate surface area is 118 Å². The van der Waals surface area contributed by atoms with E-state index in [1.807, 2.05) is 0 Å². The number of hydrogen-bond acceptors (Lipinski definition) is 4. The topological polar surface area (TPSA) is 78.8 Å². The van der Waals surface area contributed by atoms with E-state index in [-0.39, 0.29) is 13.2 Å². The minimum Gasteiger partial charge on any atom is -0.489 e. The van der Waals surface area contributed by atoms with Crippen molar-refractivity contribution in [2.45, 2.75) is 18.9 Å². The van der Waals surface area contributed by atoms with Crippen LogP contribution in [0.15, 0.2) is 36.9 Å². The first-order valence-electron chi connectivity index (χ1n) is 6.49. The van der Waals surface area contributed by atoms with E-state index in [0.29, 0.717) is 24.3 Å². The molecule has 0 aliphatic carbocycles. The van der Waals surface area contributed by atoms with E-state index in [1.54, 1.807) is 37.3 Å². The standard InChI is InChI=1S/C15H21NO4/c1-3-9-20-13-8-6-5-7-12(13)14(19)16-15(4-2,10-17)11-18/h3,5-8,17-18H,1,4,9-11H2,2H3,(H,16,19). The van der Waals surface area contributed by atoms with Crippen molar-refractivity contribution >= 4 is 5.91 Å². The van der Waals surface area contributed by atoms with Gasteiger partial charge in [0.1, 0.15) is 12.4 Å². The summed E-state index contributed by atoms with van der Waals surface area (Å²) in [4.78, 5) is 12.3. The van der Waals surface area contributed by atoms with Crippen molar-refractivity contribution in [2.75, 3.05) is 19.8 Å². The van der Waals surface area contributed by atoms with Crippen molar-refractivity contribution < 1.29 is 19.7 Å². The molecule has 0 saturated heterocycles. The van der Waals surface area contributed by atoms with Crippen molar-refractivity contribution in [1.29, 1.82) is 0 Å². The fourth-order valence-corrected chi connectivity index (χ4v) is 1.68. The minimum atomic E-state index is -1.03. The van der Waals surface area contributed by atoms with Crippen molar-refractivity contribution in [1.82, 2.24) is 5.32 Å². The molecule has 20 heavy (non-hydrogen) atoms. The van der Waals surface area contributed by atoms with Crippen LogP contribution in [-0.4, -0.2) is 41.5 Å². The van der Waals surface area contributed by atoms with Crippen molar-refractivity contribution in [3.05, 3.63) is 42.5 Å². The highest BCUT2D eigenvalue weighted by molar-refractivity contribution is 5.97. The number of benzene rings is 1. The predicted molar refractivity (Wildman–Crippen MR) is 76.8 cm³/mol. The number of carbonyl (C=O) groups excluding carboxylic acids is 1. The molecule has 5 heteroatoms. The lowest BCUT2D eigenvalue weighted by Crippen LogP contribution is -2.53. The first kappa shape index (κ1) is 16.2. The molecule has 1 rings (SSSR count). The monoisotopic (exact) mass is 279 g/mol. The number of para-hydroxylation sites is 1. The lowest BCUT2D eigenvalue weighted by atomic mass is 9.97. The van der Waals surface area contributed by atoms with Crippen LogP contribution in [0.4, 0.5) is 0 Å². The van der Waals surface area contributed by atoms with E-state index in [9.17, 15) is 15.0 Å². The molecule has 0 unspecified atom stereocenters. The number of carbonyl (C=O) groups is 1. The van der Waals surface area contributed by atoms with Crippen molar-refractivity contribution in [3.63, 3.8) is 0 Å². The highest BCUT2D eigenvalue weighted by atomic mass is 16.5. The number of hydrogen-bond donors (Lipinski definition) is 3. The number of ether oxygens (including phenoxy) is 1. The van der Waals surface area contributed by atoms with Gasteiger partial charge in [0.25, 0.3) is 5.91 Å². The molecule has 5 nitrogen and oxygen atoms in total. The second-order valence-corrected chi connectivity index (χ2v) is 4.50. The second kappa shape index (κ2) is 7.67. The highest BCUT2D eigenvalue weighted by Crippen LogP contribution is 2.19. The summed E-state index contributed by atoms with van der Waals surface area (Å²) in [5.41, 5.74) is -0.670. The lowest BCUT2D eigenvalue weighted by molar-refractivity contribution is 0.0650. The average Bonchev–Trinajstić information content (AvgIpc) is 2.51. The zero-order valence-electron chi connectivity index (χ0n) is 11.6. The number of aliphatic hydroxyl groups is 2. The first-order chi connectivity index (χ1) is 9.62. The number of aliphatic hydroxyl groups excluding tert-OH is 2. The van der Waals surface area contributed by atoms with E-state index in [0.717, 1.165) is 0 Å². The molecule has 110 valence electrons. The van der Waals surface area contributed by atoms with Gasteiger partial charge >= 0.3 is 0 Å². The molecular weight excluding hydrogens is 258 g/mol. The second-order valence-electron chi connectivity index (χ2n) is 4.50. The SMILES string of the molecule is C=CCOc1ccccc1C(=O)NC(CC)(CO)CO. The summed E-state index contributed by atoms with van der Waals surface area (Å²) >= 11 is 0. The molecule has 3 N–H and O–H groups in total. The molecule has 0 fully saturated rings. The van der Waals surface area contributed by atoms with Gasteiger partial charge in [-0.2, -0.15) is 0 Å². The maximum absolute atomic E-state index is 12.3. The van der Waals surface area contributed by atoms with Gasteiger partial charge in [-0.15, -0.1) is 0 Å². The maximum atomic E-state index is 12.3. The third-order valence-electron chi connectivity index (χ3n) is 3.15. The van der Waals surface area contributed by atoms with Gasteiger partial charge in [0.05, 0.1) is 24.3 Å². The van der Waals surface area contributed by atoms with Crippen molar-refractivity contribution in [3.8, 4) is 5.75 Å². The Morgan fingerprint density at radius 2 is 2.05 bits per heavy atom. The van der Waals surface area contributed by atoms with Gasteiger partial charge in [-0.25, -0.2) is 0 Å². The van der Waals surface area contributed by atoms with Crippen LogP contribution >= 0.6 is 0 Å². The molecule has 0 radical (unpaired) electrons. The summed E-state index contributed by atoms with van der Waals surface area (Å²) in [5.74, 6) is 0.0420. The third-order valence-corrected chi connectivity index (χ3v) is 3.15. The summed E-state index contributed by atoms with van der Waals surface area (Å²) in [7, 11) is 0. The van der Waals surface area contributed by atoms with Crippen LogP contribution in [0.1, 0.15) is 23.7 Å². The summed E-state index contributed by atoms with van der Waals surface area (Å²) in [6.45, 7) is 4.97. The zero-order valence-corrected chi connectivity index (χ0v) is 11.6. The van der Waals surface area contributed by atoms with Gasteiger partial charge in [0.15, 0.2) is 0 Å². The molecule has 0 spiro atoms. The lowest BCUT2D eigenvalue weighted by Gasteiger charge is -2.29. The molecule has 1 aromatic rings. The van der Waals surface area contributed by atoms with Crippen LogP contribution in [0, 0.1) is 0 Å². The summed E-state index contributed by atoms with van der Waals surface area (Å²) in [5, 5.41) is 21.4. The smallest absolute Gasteiger partial charge is 0.255 e. The molecule has 0 aliphatic rings. The van der Waals surface area contributed by atoms with E-state index in [1.165, 1.54) is 0 Å². The van der Waals surface area contributed by atoms with Gasteiger partial charge < -0.3 is 20.3 Å². The van der Waals surface area contributed by atoms with Crippen LogP contribution in [0.3, 0.4) is 0 Å². The normalized spacial score (nSPS) is 10.9. The van der Waals surface area contributed by atoms with Crippen LogP contribution < -0.4 is 10.1 Å². The summed E-state index contributed by atoms with van der Waals surface area (Å²) in [6, 6.07) is 6.80. The highest BCUT2D eigenvalue weighted by Gasteiger charge is 2.29. The fraction of sp³-hybridized carbons (Fsp3) is 0.400. The van der Waals surface area contributed by atoms with Gasteiger partial charge in [-0.3, -0.25) is 4.79 Å². The molecule has 0 bridgehead atoms. The molecule has 1 amide bonds. The predicted octanol–water partition coefficient (Wildman–Crippen LogP) is 1.11. The summed E-state index contributed by atoms with van der Waals surface area (Å²) < 4.78 is 5.42. The minimum absolute atomic E-state index is 0.295. The largest absolute Gasteiger partial charge is 0.489 e. The number of amides is 1. The van der Waals surface area contributed by atoms with E-state index < -0.39 is 11.4 Å². The number of nitrogens with one attached hydrogen (secondary N) is 1. The van der Waals surface area contributed by atoms with Crippen LogP contribution in [-0.2, 0) is 0 Å². The van der Waals surface area contributed by atoms with Gasteiger partial charge in [-0.05, 0) is 18.6 Å². The van der Waals surface area contributed by atoms with Gasteiger partial charge in [0.2, 0.25) is 0 Å². The quantitative estimate of drug-likeness (QED) is 0.623.